The minimum absolute atomic E-state index is 0.00716. The Kier molecular flexibility index (Phi) is 9.12. The van der Waals surface area contributed by atoms with Gasteiger partial charge in [0.05, 0.1) is 43.6 Å². The summed E-state index contributed by atoms with van der Waals surface area (Å²) in [6.07, 6.45) is 1.35. The highest BCUT2D eigenvalue weighted by Gasteiger charge is 2.28. The van der Waals surface area contributed by atoms with Crippen LogP contribution in [0.4, 0.5) is 18.9 Å². The lowest BCUT2D eigenvalue weighted by atomic mass is 10.1. The normalized spacial score (nSPS) is 13.8. The van der Waals surface area contributed by atoms with Crippen LogP contribution in [0.15, 0.2) is 42.6 Å². The first-order valence-corrected chi connectivity index (χ1v) is 13.4. The average Bonchev–Trinajstić information content (AvgIpc) is 3.29. The van der Waals surface area contributed by atoms with E-state index in [0.29, 0.717) is 54.2 Å². The predicted octanol–water partition coefficient (Wildman–Crippen LogP) is 3.72. The summed E-state index contributed by atoms with van der Waals surface area (Å²) in [6, 6.07) is 7.96. The third kappa shape index (κ3) is 7.21. The number of imidazole rings is 1. The van der Waals surface area contributed by atoms with Crippen LogP contribution in [0.5, 0.6) is 5.75 Å². The molecule has 2 heterocycles. The number of hydrogen-bond acceptors (Lipinski definition) is 5. The third-order valence-corrected chi connectivity index (χ3v) is 6.93. The van der Waals surface area contributed by atoms with Crippen LogP contribution in [0, 0.1) is 5.82 Å². The molecule has 3 aromatic rings. The molecular weight excluding hydrogens is 577 g/mol. The second-order valence-corrected chi connectivity index (χ2v) is 11.2. The number of quaternary nitrogens is 1. The van der Waals surface area contributed by atoms with Crippen molar-refractivity contribution in [2.45, 2.75) is 6.61 Å². The Balaban J connectivity index is 1.40. The number of likely N-dealkylation sites (N-methyl/N-ethyl adjacent to an activating group) is 1. The molecule has 1 fully saturated rings. The van der Waals surface area contributed by atoms with Gasteiger partial charge in [0, 0.05) is 44.5 Å². The molecule has 1 aliphatic rings. The van der Waals surface area contributed by atoms with Gasteiger partial charge in [-0.1, -0.05) is 11.6 Å². The van der Waals surface area contributed by atoms with E-state index in [-0.39, 0.29) is 28.2 Å². The van der Waals surface area contributed by atoms with Crippen molar-refractivity contribution in [3.63, 3.8) is 0 Å². The van der Waals surface area contributed by atoms with Crippen LogP contribution in [0.25, 0.3) is 11.3 Å². The van der Waals surface area contributed by atoms with Crippen LogP contribution in [0.1, 0.15) is 21.0 Å². The molecule has 0 spiro atoms. The van der Waals surface area contributed by atoms with Gasteiger partial charge in [0.25, 0.3) is 17.7 Å². The number of nitrogens with one attached hydrogen (secondary N) is 1. The van der Waals surface area contributed by atoms with Crippen molar-refractivity contribution in [2.24, 2.45) is 7.05 Å². The van der Waals surface area contributed by atoms with Crippen molar-refractivity contribution in [1.29, 1.82) is 0 Å². The molecule has 3 amide bonds. The molecule has 1 N–H and O–H groups in total. The molecule has 10 nitrogen and oxygen atoms in total. The molecule has 0 aliphatic carbocycles. The van der Waals surface area contributed by atoms with E-state index >= 15 is 0 Å². The number of nitrogens with zero attached hydrogens (tertiary/aromatic N) is 5. The van der Waals surface area contributed by atoms with E-state index in [1.807, 2.05) is 21.1 Å². The summed E-state index contributed by atoms with van der Waals surface area (Å²) in [5.41, 5.74) is 1.25. The van der Waals surface area contributed by atoms with Gasteiger partial charge in [0.15, 0.2) is 23.9 Å². The predicted molar refractivity (Wildman–Crippen MR) is 150 cm³/mol. The lowest BCUT2D eigenvalue weighted by molar-refractivity contribution is -0.862. The molecule has 42 heavy (non-hydrogen) atoms. The molecule has 2 aromatic carbocycles. The maximum atomic E-state index is 14.2. The summed E-state index contributed by atoms with van der Waals surface area (Å²) in [5, 5.41) is 2.82. The summed E-state index contributed by atoms with van der Waals surface area (Å²) >= 11 is 6.42. The molecule has 4 rings (SSSR count). The minimum atomic E-state index is -3.16. The number of hydrogen-bond donors (Lipinski definition) is 1. The quantitative estimate of drug-likeness (QED) is 0.394. The van der Waals surface area contributed by atoms with Gasteiger partial charge >= 0.3 is 6.61 Å². The largest absolute Gasteiger partial charge is 0.432 e. The first-order chi connectivity index (χ1) is 19.7. The number of carbonyl (C=O) groups excluding carboxylic acids is 3. The maximum Gasteiger partial charge on any atom is 0.387 e. The van der Waals surface area contributed by atoms with Crippen molar-refractivity contribution >= 4 is 35.0 Å². The number of aromatic nitrogens is 2. The summed E-state index contributed by atoms with van der Waals surface area (Å²) < 4.78 is 45.1. The van der Waals surface area contributed by atoms with E-state index in [1.54, 1.807) is 22.9 Å². The van der Waals surface area contributed by atoms with Crippen LogP contribution in [0.3, 0.4) is 0 Å². The topological polar surface area (TPSA) is 96.8 Å². The number of carbonyl (C=O) groups is 3. The molecule has 14 heteroatoms. The van der Waals surface area contributed by atoms with E-state index in [0.717, 1.165) is 12.1 Å². The van der Waals surface area contributed by atoms with Gasteiger partial charge in [-0.2, -0.15) is 8.78 Å². The van der Waals surface area contributed by atoms with Crippen LogP contribution in [0.2, 0.25) is 5.02 Å². The molecular formula is C28H31ClF3N6O4+. The standard InChI is InChI=1S/C28H30ClF3N6O4/c1-35-22(17-5-8-23(21(30)13-17)42-28(31)32)15-33-25(35)26(40)34-18-6-7-19(20(29)14-18)27(41)37-11-9-36(10-12-37)24(39)16-38(2,3)4/h5-8,13-15,28H,9-12,16H2,1-4H3/p+1. The number of amides is 3. The number of halogens is 4. The number of anilines is 1. The fourth-order valence-corrected chi connectivity index (χ4v) is 4.79. The lowest BCUT2D eigenvalue weighted by Crippen LogP contribution is -2.54. The Morgan fingerprint density at radius 1 is 1.05 bits per heavy atom. The molecule has 1 saturated heterocycles. The Labute approximate surface area is 245 Å². The summed E-state index contributed by atoms with van der Waals surface area (Å²) in [7, 11) is 7.38. The zero-order valence-corrected chi connectivity index (χ0v) is 24.3. The molecule has 0 radical (unpaired) electrons. The van der Waals surface area contributed by atoms with E-state index in [4.69, 9.17) is 11.6 Å². The van der Waals surface area contributed by atoms with Crippen LogP contribution in [-0.2, 0) is 11.8 Å². The van der Waals surface area contributed by atoms with Gasteiger partial charge in [-0.15, -0.1) is 0 Å². The van der Waals surface area contributed by atoms with Gasteiger partial charge in [0.2, 0.25) is 0 Å². The van der Waals surface area contributed by atoms with Crippen molar-refractivity contribution in [2.75, 3.05) is 59.2 Å². The Morgan fingerprint density at radius 3 is 2.31 bits per heavy atom. The van der Waals surface area contributed by atoms with Crippen LogP contribution >= 0.6 is 11.6 Å². The van der Waals surface area contributed by atoms with Crippen molar-refractivity contribution < 1.29 is 36.8 Å². The van der Waals surface area contributed by atoms with Gasteiger partial charge in [-0.25, -0.2) is 9.37 Å². The first kappa shape index (κ1) is 30.8. The fraction of sp³-hybridized carbons (Fsp3) is 0.357. The highest BCUT2D eigenvalue weighted by molar-refractivity contribution is 6.34. The van der Waals surface area contributed by atoms with E-state index in [9.17, 15) is 27.6 Å². The number of ether oxygens (including phenoxy) is 1. The average molecular weight is 608 g/mol. The van der Waals surface area contributed by atoms with Gasteiger partial charge in [0.1, 0.15) is 0 Å². The maximum absolute atomic E-state index is 14.2. The number of alkyl halides is 2. The van der Waals surface area contributed by atoms with Crippen molar-refractivity contribution in [1.82, 2.24) is 19.4 Å². The summed E-state index contributed by atoms with van der Waals surface area (Å²) in [4.78, 5) is 46.1. The zero-order chi connectivity index (χ0) is 30.8. The number of rotatable bonds is 8. The SMILES string of the molecule is Cn1c(-c2ccc(OC(F)F)c(F)c2)cnc1C(=O)Nc1ccc(C(=O)N2CCN(C(=O)C[N+](C)(C)C)CC2)c(Cl)c1. The smallest absolute Gasteiger partial charge is 0.387 e. The minimum Gasteiger partial charge on any atom is -0.432 e. The molecule has 0 atom stereocenters. The first-order valence-electron chi connectivity index (χ1n) is 13.0. The molecule has 0 unspecified atom stereocenters. The molecule has 1 aromatic heterocycles. The van der Waals surface area contributed by atoms with E-state index in [1.165, 1.54) is 29.0 Å². The van der Waals surface area contributed by atoms with Gasteiger partial charge < -0.3 is 28.9 Å². The summed E-state index contributed by atoms with van der Waals surface area (Å²) in [5.74, 6) is -2.42. The Hall–Kier alpha value is -4.10. The molecule has 1 aliphatic heterocycles. The van der Waals surface area contributed by atoms with Crippen molar-refractivity contribution in [3.05, 3.63) is 64.8 Å². The molecule has 0 saturated carbocycles. The van der Waals surface area contributed by atoms with Gasteiger partial charge in [-0.3, -0.25) is 14.4 Å². The van der Waals surface area contributed by atoms with Crippen molar-refractivity contribution in [3.8, 4) is 17.0 Å². The fourth-order valence-electron chi connectivity index (χ4n) is 4.53. The highest BCUT2D eigenvalue weighted by Crippen LogP contribution is 2.28. The monoisotopic (exact) mass is 607 g/mol. The molecule has 0 bridgehead atoms. The van der Waals surface area contributed by atoms with E-state index in [2.05, 4.69) is 15.0 Å². The van der Waals surface area contributed by atoms with Crippen LogP contribution < -0.4 is 10.1 Å². The second-order valence-electron chi connectivity index (χ2n) is 10.8. The Bertz CT molecular complexity index is 1500. The second kappa shape index (κ2) is 12.4. The number of piperazine rings is 1. The third-order valence-electron chi connectivity index (χ3n) is 6.62. The number of benzene rings is 2. The van der Waals surface area contributed by atoms with Crippen LogP contribution in [-0.4, -0.2) is 102 Å². The van der Waals surface area contributed by atoms with Gasteiger partial charge in [-0.05, 0) is 36.4 Å². The highest BCUT2D eigenvalue weighted by atomic mass is 35.5. The summed E-state index contributed by atoms with van der Waals surface area (Å²) in [6.45, 7) is -1.17. The van der Waals surface area contributed by atoms with E-state index < -0.39 is 24.1 Å². The Morgan fingerprint density at radius 2 is 1.71 bits per heavy atom. The molecule has 224 valence electrons. The lowest BCUT2D eigenvalue weighted by Gasteiger charge is -2.36. The zero-order valence-electron chi connectivity index (χ0n) is 23.5.